The number of fused-ring (bicyclic) bond motifs is 1. The predicted molar refractivity (Wildman–Crippen MR) is 110 cm³/mol. The lowest BCUT2D eigenvalue weighted by Crippen LogP contribution is -2.32. The average molecular weight is 404 g/mol. The Morgan fingerprint density at radius 3 is 3.07 bits per heavy atom. The number of aromatic amines is 1. The molecule has 2 unspecified atom stereocenters. The molecule has 28 heavy (non-hydrogen) atoms. The van der Waals surface area contributed by atoms with Gasteiger partial charge in [0.05, 0.1) is 31.7 Å². The van der Waals surface area contributed by atoms with Crippen LogP contribution >= 0.6 is 11.6 Å². The van der Waals surface area contributed by atoms with Gasteiger partial charge in [-0.05, 0) is 42.9 Å². The summed E-state index contributed by atoms with van der Waals surface area (Å²) >= 11 is 6.26. The molecule has 0 spiro atoms. The summed E-state index contributed by atoms with van der Waals surface area (Å²) in [6.45, 7) is 0.845. The van der Waals surface area contributed by atoms with Crippen LogP contribution in [0.4, 0.5) is 0 Å². The number of amides is 1. The van der Waals surface area contributed by atoms with E-state index in [9.17, 15) is 4.79 Å². The van der Waals surface area contributed by atoms with Gasteiger partial charge in [0.25, 0.3) is 0 Å². The molecule has 7 nitrogen and oxygen atoms in total. The Morgan fingerprint density at radius 1 is 1.50 bits per heavy atom. The van der Waals surface area contributed by atoms with Crippen LogP contribution in [0.25, 0.3) is 0 Å². The molecule has 3 rings (SSSR count). The van der Waals surface area contributed by atoms with E-state index in [2.05, 4.69) is 20.5 Å². The highest BCUT2D eigenvalue weighted by atomic mass is 35.5. The van der Waals surface area contributed by atoms with Crippen LogP contribution in [-0.4, -0.2) is 47.6 Å². The fourth-order valence-corrected chi connectivity index (χ4v) is 3.65. The van der Waals surface area contributed by atoms with Crippen molar-refractivity contribution in [2.24, 2.45) is 10.9 Å². The molecule has 0 saturated carbocycles. The summed E-state index contributed by atoms with van der Waals surface area (Å²) in [5.74, 6) is 0.0169. The Kier molecular flexibility index (Phi) is 7.03. The second-order valence-corrected chi connectivity index (χ2v) is 7.65. The molecule has 1 amide bonds. The van der Waals surface area contributed by atoms with Crippen LogP contribution in [0.1, 0.15) is 36.2 Å². The predicted octanol–water partition coefficient (Wildman–Crippen LogP) is 2.71. The minimum Gasteiger partial charge on any atom is -0.501 e. The second kappa shape index (κ2) is 9.68. The quantitative estimate of drug-likeness (QED) is 0.459. The van der Waals surface area contributed by atoms with Crippen molar-refractivity contribution in [2.45, 2.75) is 44.0 Å². The van der Waals surface area contributed by atoms with Crippen LogP contribution < -0.4 is 5.32 Å². The largest absolute Gasteiger partial charge is 0.501 e. The summed E-state index contributed by atoms with van der Waals surface area (Å²) in [5, 5.41) is 17.9. The summed E-state index contributed by atoms with van der Waals surface area (Å²) in [6.07, 6.45) is 10.9. The second-order valence-electron chi connectivity index (χ2n) is 7.03. The molecule has 3 N–H and O–H groups in total. The molecule has 150 valence electrons. The van der Waals surface area contributed by atoms with E-state index >= 15 is 0 Å². The third kappa shape index (κ3) is 5.10. The van der Waals surface area contributed by atoms with Gasteiger partial charge in [0.1, 0.15) is 5.92 Å². The van der Waals surface area contributed by atoms with Crippen LogP contribution in [0.3, 0.4) is 0 Å². The van der Waals surface area contributed by atoms with E-state index < -0.39 is 5.92 Å². The Hall–Kier alpha value is -2.41. The van der Waals surface area contributed by atoms with E-state index in [1.165, 1.54) is 11.8 Å². The number of nitrogens with one attached hydrogen (secondary N) is 3. The van der Waals surface area contributed by atoms with Gasteiger partial charge >= 0.3 is 0 Å². The molecule has 0 aliphatic heterocycles. The summed E-state index contributed by atoms with van der Waals surface area (Å²) in [7, 11) is 1.67. The zero-order chi connectivity index (χ0) is 19.9. The van der Waals surface area contributed by atoms with Crippen LogP contribution in [0, 0.1) is 11.3 Å². The first-order chi connectivity index (χ1) is 13.6. The maximum Gasteiger partial charge on any atom is 0.234 e. The highest BCUT2D eigenvalue weighted by Gasteiger charge is 2.23. The van der Waals surface area contributed by atoms with Gasteiger partial charge in [0.15, 0.2) is 0 Å². The van der Waals surface area contributed by atoms with E-state index in [-0.39, 0.29) is 11.3 Å². The molecule has 0 fully saturated rings. The minimum absolute atomic E-state index is 0.116. The van der Waals surface area contributed by atoms with Crippen LogP contribution in [0.15, 0.2) is 28.5 Å². The number of methoxy groups -OCH3 is 1. The first-order valence-corrected chi connectivity index (χ1v) is 9.94. The van der Waals surface area contributed by atoms with Crippen LogP contribution in [-0.2, 0) is 28.9 Å². The molecule has 1 aromatic rings. The van der Waals surface area contributed by atoms with Gasteiger partial charge < -0.3 is 15.5 Å². The summed E-state index contributed by atoms with van der Waals surface area (Å²) in [4.78, 5) is 16.8. The number of aromatic nitrogens is 2. The molecule has 8 heteroatoms. The van der Waals surface area contributed by atoms with E-state index in [0.29, 0.717) is 13.1 Å². The molecular weight excluding hydrogens is 378 g/mol. The number of aliphatic imine (C=N–C) groups is 1. The van der Waals surface area contributed by atoms with Crippen molar-refractivity contribution in [1.29, 1.82) is 5.41 Å². The molecule has 1 heterocycles. The Balaban J connectivity index is 1.52. The summed E-state index contributed by atoms with van der Waals surface area (Å²) in [6, 6.07) is 0. The number of alkyl halides is 1. The number of nitrogens with zero attached hydrogens (tertiary/aromatic N) is 2. The van der Waals surface area contributed by atoms with Gasteiger partial charge in [-0.25, -0.2) is 0 Å². The number of ether oxygens (including phenoxy) is 1. The fraction of sp³-hybridized carbons (Fsp3) is 0.500. The fourth-order valence-electron chi connectivity index (χ4n) is 3.38. The number of rotatable bonds is 8. The Morgan fingerprint density at radius 2 is 2.36 bits per heavy atom. The van der Waals surface area contributed by atoms with Crippen molar-refractivity contribution in [3.8, 4) is 0 Å². The third-order valence-corrected chi connectivity index (χ3v) is 5.48. The maximum absolute atomic E-state index is 12.4. The highest BCUT2D eigenvalue weighted by molar-refractivity contribution is 6.20. The summed E-state index contributed by atoms with van der Waals surface area (Å²) < 4.78 is 5.21. The molecule has 2 atom stereocenters. The van der Waals surface area contributed by atoms with Gasteiger partial charge in [-0.3, -0.25) is 14.9 Å². The van der Waals surface area contributed by atoms with E-state index in [1.54, 1.807) is 7.11 Å². The standard InChI is InChI=1S/C20H26ClN5O2/c1-28-16-5-2-13(3-6-16)10-23-11-14(9-22)20(27)24-12-19-17-8-15(21)4-7-18(17)25-26-19/h2,5,9,11,14-15,22H,3-4,6-8,10,12H2,1H3,(H,24,27)(H,25,26). The number of allylic oxidation sites excluding steroid dienone is 3. The van der Waals surface area contributed by atoms with Crippen molar-refractivity contribution >= 4 is 29.9 Å². The van der Waals surface area contributed by atoms with Gasteiger partial charge in [0.2, 0.25) is 5.91 Å². The van der Waals surface area contributed by atoms with Crippen LogP contribution in [0.2, 0.25) is 0 Å². The molecule has 0 aromatic carbocycles. The molecular formula is C20H26ClN5O2. The van der Waals surface area contributed by atoms with Crippen molar-refractivity contribution < 1.29 is 9.53 Å². The molecule has 1 aromatic heterocycles. The number of halogens is 1. The lowest BCUT2D eigenvalue weighted by atomic mass is 9.95. The normalized spacial score (nSPS) is 20.1. The lowest BCUT2D eigenvalue weighted by molar-refractivity contribution is -0.121. The summed E-state index contributed by atoms with van der Waals surface area (Å²) in [5.41, 5.74) is 4.22. The Labute approximate surface area is 169 Å². The van der Waals surface area contributed by atoms with Gasteiger partial charge in [-0.2, -0.15) is 5.10 Å². The molecule has 0 bridgehead atoms. The van der Waals surface area contributed by atoms with Gasteiger partial charge in [-0.1, -0.05) is 6.08 Å². The van der Waals surface area contributed by atoms with Crippen molar-refractivity contribution in [3.05, 3.63) is 40.4 Å². The molecule has 0 radical (unpaired) electrons. The topological polar surface area (TPSA) is 103 Å². The molecule has 0 saturated heterocycles. The number of hydrogen-bond donors (Lipinski definition) is 3. The molecule has 2 aliphatic carbocycles. The highest BCUT2D eigenvalue weighted by Crippen LogP contribution is 2.25. The van der Waals surface area contributed by atoms with E-state index in [0.717, 1.165) is 61.0 Å². The van der Waals surface area contributed by atoms with E-state index in [4.69, 9.17) is 21.7 Å². The van der Waals surface area contributed by atoms with Crippen molar-refractivity contribution in [3.63, 3.8) is 0 Å². The number of carbonyl (C=O) groups excluding carboxylic acids is 1. The number of hydrogen-bond acceptors (Lipinski definition) is 5. The number of carbonyl (C=O) groups is 1. The van der Waals surface area contributed by atoms with Gasteiger partial charge in [-0.15, -0.1) is 11.6 Å². The lowest BCUT2D eigenvalue weighted by Gasteiger charge is -2.17. The number of aryl methyl sites for hydroxylation is 1. The third-order valence-electron chi connectivity index (χ3n) is 5.10. The molecule has 2 aliphatic rings. The maximum atomic E-state index is 12.4. The van der Waals surface area contributed by atoms with Crippen molar-refractivity contribution in [2.75, 3.05) is 13.7 Å². The zero-order valence-electron chi connectivity index (χ0n) is 16.0. The zero-order valence-corrected chi connectivity index (χ0v) is 16.8. The van der Waals surface area contributed by atoms with Crippen molar-refractivity contribution in [1.82, 2.24) is 15.5 Å². The monoisotopic (exact) mass is 403 g/mol. The van der Waals surface area contributed by atoms with E-state index in [1.807, 2.05) is 12.2 Å². The first-order valence-electron chi connectivity index (χ1n) is 9.50. The average Bonchev–Trinajstić information content (AvgIpc) is 3.12. The van der Waals surface area contributed by atoms with Crippen LogP contribution in [0.5, 0.6) is 0 Å². The van der Waals surface area contributed by atoms with Gasteiger partial charge in [0, 0.05) is 29.9 Å². The SMILES string of the molecule is COC1=CC=C(CN=CC(C=N)C(=O)NCc2n[nH]c3c2CC(Cl)CC3)CC1. The minimum atomic E-state index is -0.690. The first kappa shape index (κ1) is 20.3. The number of H-pyrrole nitrogens is 1. The smallest absolute Gasteiger partial charge is 0.234 e. The Bertz CT molecular complexity index is 812.